The molecule has 3 N–H and O–H groups in total. The van der Waals surface area contributed by atoms with Crippen molar-refractivity contribution in [3.63, 3.8) is 0 Å². The molecule has 2 unspecified atom stereocenters. The van der Waals surface area contributed by atoms with E-state index in [4.69, 9.17) is 9.84 Å². The highest BCUT2D eigenvalue weighted by atomic mass is 16.5. The summed E-state index contributed by atoms with van der Waals surface area (Å²) >= 11 is 0. The molecule has 116 valence electrons. The van der Waals surface area contributed by atoms with Gasteiger partial charge in [0.15, 0.2) is 0 Å². The standard InChI is InChI=1S/C16H23NO4/c1-16(2,3)11-7-14(21-4)10(6-13(11)18)12-5-9(8-17-12)15(19)20/h6-7,9,12,17-18H,5,8H2,1-4H3,(H,19,20). The zero-order valence-corrected chi connectivity index (χ0v) is 12.9. The first-order chi connectivity index (χ1) is 9.74. The lowest BCUT2D eigenvalue weighted by Crippen LogP contribution is -2.18. The Morgan fingerprint density at radius 3 is 2.52 bits per heavy atom. The quantitative estimate of drug-likeness (QED) is 0.797. The lowest BCUT2D eigenvalue weighted by atomic mass is 9.84. The first kappa shape index (κ1) is 15.6. The highest BCUT2D eigenvalue weighted by molar-refractivity contribution is 5.71. The van der Waals surface area contributed by atoms with Crippen molar-refractivity contribution in [2.24, 2.45) is 5.92 Å². The Balaban J connectivity index is 2.37. The number of carboxylic acid groups (broad SMARTS) is 1. The van der Waals surface area contributed by atoms with Gasteiger partial charge in [-0.2, -0.15) is 0 Å². The molecular weight excluding hydrogens is 270 g/mol. The number of rotatable bonds is 3. The fraction of sp³-hybridized carbons (Fsp3) is 0.562. The van der Waals surface area contributed by atoms with Crippen molar-refractivity contribution in [3.05, 3.63) is 23.3 Å². The minimum atomic E-state index is -0.792. The van der Waals surface area contributed by atoms with E-state index in [0.29, 0.717) is 18.7 Å². The average Bonchev–Trinajstić information content (AvgIpc) is 2.86. The van der Waals surface area contributed by atoms with E-state index in [0.717, 1.165) is 11.1 Å². The van der Waals surface area contributed by atoms with Crippen molar-refractivity contribution in [3.8, 4) is 11.5 Å². The normalized spacial score (nSPS) is 22.3. The third kappa shape index (κ3) is 3.13. The molecule has 5 heteroatoms. The summed E-state index contributed by atoms with van der Waals surface area (Å²) in [5.74, 6) is -0.288. The second-order valence-corrected chi connectivity index (χ2v) is 6.59. The van der Waals surface area contributed by atoms with E-state index >= 15 is 0 Å². The number of phenolic OH excluding ortho intramolecular Hbond substituents is 1. The molecule has 5 nitrogen and oxygen atoms in total. The Morgan fingerprint density at radius 1 is 1.38 bits per heavy atom. The SMILES string of the molecule is COc1cc(C(C)(C)C)c(O)cc1C1CC(C(=O)O)CN1. The lowest BCUT2D eigenvalue weighted by Gasteiger charge is -2.24. The second-order valence-electron chi connectivity index (χ2n) is 6.59. The summed E-state index contributed by atoms with van der Waals surface area (Å²) < 4.78 is 5.45. The lowest BCUT2D eigenvalue weighted by molar-refractivity contribution is -0.141. The van der Waals surface area contributed by atoms with Crippen molar-refractivity contribution >= 4 is 5.97 Å². The molecule has 0 aromatic heterocycles. The molecule has 0 spiro atoms. The zero-order chi connectivity index (χ0) is 15.8. The molecule has 0 saturated carbocycles. The Kier molecular flexibility index (Phi) is 4.14. The monoisotopic (exact) mass is 293 g/mol. The summed E-state index contributed by atoms with van der Waals surface area (Å²) in [4.78, 5) is 11.1. The van der Waals surface area contributed by atoms with Crippen LogP contribution in [0, 0.1) is 5.92 Å². The Morgan fingerprint density at radius 2 is 2.05 bits per heavy atom. The van der Waals surface area contributed by atoms with E-state index in [1.54, 1.807) is 13.2 Å². The Hall–Kier alpha value is -1.75. The van der Waals surface area contributed by atoms with Gasteiger partial charge in [0.05, 0.1) is 13.0 Å². The predicted molar refractivity (Wildman–Crippen MR) is 79.8 cm³/mol. The fourth-order valence-corrected chi connectivity index (χ4v) is 2.80. The van der Waals surface area contributed by atoms with Crippen LogP contribution in [0.15, 0.2) is 12.1 Å². The van der Waals surface area contributed by atoms with Crippen LogP contribution in [-0.2, 0) is 10.2 Å². The van der Waals surface area contributed by atoms with E-state index < -0.39 is 11.9 Å². The molecule has 1 heterocycles. The predicted octanol–water partition coefficient (Wildman–Crippen LogP) is 2.43. The number of benzene rings is 1. The fourth-order valence-electron chi connectivity index (χ4n) is 2.80. The number of carbonyl (C=O) groups is 1. The number of ether oxygens (including phenoxy) is 1. The Labute approximate surface area is 124 Å². The number of nitrogens with one attached hydrogen (secondary N) is 1. The van der Waals surface area contributed by atoms with Gasteiger partial charge >= 0.3 is 5.97 Å². The average molecular weight is 293 g/mol. The number of hydrogen-bond acceptors (Lipinski definition) is 4. The maximum atomic E-state index is 11.1. The molecule has 0 aliphatic carbocycles. The van der Waals surface area contributed by atoms with E-state index in [1.165, 1.54) is 0 Å². The number of hydrogen-bond donors (Lipinski definition) is 3. The van der Waals surface area contributed by atoms with Crippen LogP contribution < -0.4 is 10.1 Å². The van der Waals surface area contributed by atoms with Gasteiger partial charge in [0.1, 0.15) is 11.5 Å². The number of carboxylic acids is 1. The van der Waals surface area contributed by atoms with Gasteiger partial charge < -0.3 is 20.3 Å². The van der Waals surface area contributed by atoms with E-state index in [9.17, 15) is 9.90 Å². The first-order valence-corrected chi connectivity index (χ1v) is 7.11. The van der Waals surface area contributed by atoms with Crippen LogP contribution in [0.1, 0.15) is 44.4 Å². The van der Waals surface area contributed by atoms with Crippen LogP contribution in [0.25, 0.3) is 0 Å². The van der Waals surface area contributed by atoms with Crippen LogP contribution in [0.2, 0.25) is 0 Å². The third-order valence-electron chi connectivity index (χ3n) is 4.01. The van der Waals surface area contributed by atoms with Crippen LogP contribution in [-0.4, -0.2) is 29.8 Å². The molecule has 1 aliphatic rings. The van der Waals surface area contributed by atoms with Gasteiger partial charge in [-0.25, -0.2) is 0 Å². The minimum Gasteiger partial charge on any atom is -0.508 e. The number of aromatic hydroxyl groups is 1. The molecule has 0 amide bonds. The van der Waals surface area contributed by atoms with Crippen molar-refractivity contribution in [1.82, 2.24) is 5.32 Å². The molecule has 21 heavy (non-hydrogen) atoms. The molecule has 1 fully saturated rings. The topological polar surface area (TPSA) is 78.8 Å². The summed E-state index contributed by atoms with van der Waals surface area (Å²) in [6.45, 7) is 6.51. The van der Waals surface area contributed by atoms with Gasteiger partial charge in [0.2, 0.25) is 0 Å². The van der Waals surface area contributed by atoms with Crippen LogP contribution in [0.5, 0.6) is 11.5 Å². The van der Waals surface area contributed by atoms with Gasteiger partial charge in [-0.15, -0.1) is 0 Å². The summed E-state index contributed by atoms with van der Waals surface area (Å²) in [5, 5.41) is 22.6. The molecule has 1 saturated heterocycles. The highest BCUT2D eigenvalue weighted by Gasteiger charge is 2.33. The first-order valence-electron chi connectivity index (χ1n) is 7.11. The Bertz CT molecular complexity index is 548. The van der Waals surface area contributed by atoms with Crippen molar-refractivity contribution in [2.75, 3.05) is 13.7 Å². The molecule has 1 aliphatic heterocycles. The van der Waals surface area contributed by atoms with Gasteiger partial charge in [-0.05, 0) is 24.0 Å². The molecule has 1 aromatic carbocycles. The smallest absolute Gasteiger partial charge is 0.307 e. The number of aliphatic carboxylic acids is 1. The third-order valence-corrected chi connectivity index (χ3v) is 4.01. The minimum absolute atomic E-state index is 0.110. The summed E-state index contributed by atoms with van der Waals surface area (Å²) in [6, 6.07) is 3.43. The van der Waals surface area contributed by atoms with Gasteiger partial charge in [0.25, 0.3) is 0 Å². The van der Waals surface area contributed by atoms with Crippen molar-refractivity contribution in [2.45, 2.75) is 38.6 Å². The molecule has 1 aromatic rings. The summed E-state index contributed by atoms with van der Waals surface area (Å²) in [7, 11) is 1.59. The van der Waals surface area contributed by atoms with Crippen LogP contribution in [0.3, 0.4) is 0 Å². The van der Waals surface area contributed by atoms with Crippen molar-refractivity contribution < 1.29 is 19.7 Å². The van der Waals surface area contributed by atoms with E-state index in [-0.39, 0.29) is 17.2 Å². The molecular formula is C16H23NO4. The number of phenols is 1. The summed E-state index contributed by atoms with van der Waals surface area (Å²) in [6.07, 6.45) is 0.500. The maximum absolute atomic E-state index is 11.1. The van der Waals surface area contributed by atoms with E-state index in [2.05, 4.69) is 5.32 Å². The molecule has 0 bridgehead atoms. The van der Waals surface area contributed by atoms with Crippen molar-refractivity contribution in [1.29, 1.82) is 0 Å². The number of methoxy groups -OCH3 is 1. The molecule has 2 atom stereocenters. The summed E-state index contributed by atoms with van der Waals surface area (Å²) in [5.41, 5.74) is 1.44. The van der Waals surface area contributed by atoms with Gasteiger partial charge in [-0.1, -0.05) is 20.8 Å². The molecule has 2 rings (SSSR count). The molecule has 0 radical (unpaired) electrons. The van der Waals surface area contributed by atoms with E-state index in [1.807, 2.05) is 26.8 Å². The van der Waals surface area contributed by atoms with Crippen LogP contribution >= 0.6 is 0 Å². The van der Waals surface area contributed by atoms with Gasteiger partial charge in [-0.3, -0.25) is 4.79 Å². The second kappa shape index (κ2) is 5.56. The van der Waals surface area contributed by atoms with Crippen LogP contribution in [0.4, 0.5) is 0 Å². The highest BCUT2D eigenvalue weighted by Crippen LogP contribution is 2.40. The van der Waals surface area contributed by atoms with Gasteiger partial charge in [0, 0.05) is 23.7 Å². The largest absolute Gasteiger partial charge is 0.508 e. The maximum Gasteiger partial charge on any atom is 0.307 e. The zero-order valence-electron chi connectivity index (χ0n) is 12.9.